The molecule has 0 saturated carbocycles. The van der Waals surface area contributed by atoms with Gasteiger partial charge >= 0.3 is 0 Å². The highest BCUT2D eigenvalue weighted by molar-refractivity contribution is 14.1. The quantitative estimate of drug-likeness (QED) is 0.754. The summed E-state index contributed by atoms with van der Waals surface area (Å²) in [6, 6.07) is 17.9. The molecule has 0 heterocycles. The summed E-state index contributed by atoms with van der Waals surface area (Å²) in [4.78, 5) is 0. The number of halogens is 2. The summed E-state index contributed by atoms with van der Waals surface area (Å²) in [6.45, 7) is 0. The largest absolute Gasteiger partial charge is 0.376 e. The molecule has 2 aromatic rings. The van der Waals surface area contributed by atoms with E-state index in [1.54, 1.807) is 0 Å². The maximum absolute atomic E-state index is 8.97. The SMILES string of the molecule is N#CCC(Nc1ccc(I)cc1Cl)c1ccccc1. The van der Waals surface area contributed by atoms with Gasteiger partial charge in [0, 0.05) is 3.57 Å². The standard InChI is InChI=1S/C15H12ClIN2/c16-13-10-12(17)6-7-15(13)19-14(8-9-18)11-4-2-1-3-5-11/h1-7,10,14,19H,8H2. The second-order valence-corrected chi connectivity index (χ2v) is 5.75. The van der Waals surface area contributed by atoms with Gasteiger partial charge in [0.25, 0.3) is 0 Å². The van der Waals surface area contributed by atoms with Crippen molar-refractivity contribution in [3.8, 4) is 6.07 Å². The second kappa shape index (κ2) is 6.78. The zero-order valence-electron chi connectivity index (χ0n) is 10.1. The molecule has 4 heteroatoms. The summed E-state index contributed by atoms with van der Waals surface area (Å²) in [5.74, 6) is 0. The van der Waals surface area contributed by atoms with Gasteiger partial charge in [0.2, 0.25) is 0 Å². The third-order valence-corrected chi connectivity index (χ3v) is 3.74. The lowest BCUT2D eigenvalue weighted by Gasteiger charge is -2.18. The van der Waals surface area contributed by atoms with Crippen LogP contribution in [0.15, 0.2) is 48.5 Å². The maximum atomic E-state index is 8.97. The van der Waals surface area contributed by atoms with Gasteiger partial charge in [0.15, 0.2) is 0 Å². The summed E-state index contributed by atoms with van der Waals surface area (Å²) in [5.41, 5.74) is 1.94. The number of hydrogen-bond donors (Lipinski definition) is 1. The Morgan fingerprint density at radius 2 is 1.95 bits per heavy atom. The molecule has 2 rings (SSSR count). The van der Waals surface area contributed by atoms with E-state index >= 15 is 0 Å². The minimum absolute atomic E-state index is 0.0521. The van der Waals surface area contributed by atoms with E-state index in [4.69, 9.17) is 16.9 Å². The Balaban J connectivity index is 2.24. The molecule has 0 aromatic heterocycles. The van der Waals surface area contributed by atoms with Crippen molar-refractivity contribution in [3.05, 3.63) is 62.7 Å². The molecule has 2 nitrogen and oxygen atoms in total. The Hall–Kier alpha value is -1.25. The molecule has 0 amide bonds. The van der Waals surface area contributed by atoms with Crippen LogP contribution in [0.4, 0.5) is 5.69 Å². The number of rotatable bonds is 4. The molecule has 19 heavy (non-hydrogen) atoms. The Labute approximate surface area is 131 Å². The smallest absolute Gasteiger partial charge is 0.0648 e. The van der Waals surface area contributed by atoms with Crippen molar-refractivity contribution in [1.29, 1.82) is 5.26 Å². The monoisotopic (exact) mass is 382 g/mol. The third kappa shape index (κ3) is 3.85. The Bertz CT molecular complexity index is 593. The average Bonchev–Trinajstić information content (AvgIpc) is 2.42. The van der Waals surface area contributed by atoms with Gasteiger partial charge in [-0.15, -0.1) is 0 Å². The Morgan fingerprint density at radius 1 is 1.21 bits per heavy atom. The van der Waals surface area contributed by atoms with Crippen LogP contribution >= 0.6 is 34.2 Å². The van der Waals surface area contributed by atoms with Crippen molar-refractivity contribution < 1.29 is 0 Å². The summed E-state index contributed by atoms with van der Waals surface area (Å²) in [7, 11) is 0. The second-order valence-electron chi connectivity index (χ2n) is 4.09. The molecule has 0 bridgehead atoms. The van der Waals surface area contributed by atoms with Crippen LogP contribution in [0.25, 0.3) is 0 Å². The zero-order valence-corrected chi connectivity index (χ0v) is 13.0. The van der Waals surface area contributed by atoms with Crippen LogP contribution in [0.3, 0.4) is 0 Å². The normalized spacial score (nSPS) is 11.6. The number of anilines is 1. The van der Waals surface area contributed by atoms with Gasteiger partial charge in [-0.1, -0.05) is 41.9 Å². The van der Waals surface area contributed by atoms with E-state index < -0.39 is 0 Å². The number of hydrogen-bond acceptors (Lipinski definition) is 2. The van der Waals surface area contributed by atoms with Gasteiger partial charge in [-0.05, 0) is 46.4 Å². The molecule has 0 radical (unpaired) electrons. The van der Waals surface area contributed by atoms with Crippen LogP contribution in [0.5, 0.6) is 0 Å². The fourth-order valence-electron chi connectivity index (χ4n) is 1.82. The Kier molecular flexibility index (Phi) is 5.06. The molecule has 0 spiro atoms. The van der Waals surface area contributed by atoms with Crippen LogP contribution in [-0.2, 0) is 0 Å². The molecule has 1 atom stereocenters. The van der Waals surface area contributed by atoms with Gasteiger partial charge in [-0.3, -0.25) is 0 Å². The van der Waals surface area contributed by atoms with Crippen LogP contribution in [0, 0.1) is 14.9 Å². The van der Waals surface area contributed by atoms with Crippen LogP contribution in [0.1, 0.15) is 18.0 Å². The van der Waals surface area contributed by atoms with E-state index in [0.717, 1.165) is 14.8 Å². The van der Waals surface area contributed by atoms with Gasteiger partial charge < -0.3 is 5.32 Å². The highest BCUT2D eigenvalue weighted by Gasteiger charge is 2.12. The summed E-state index contributed by atoms with van der Waals surface area (Å²) in [5, 5.41) is 13.0. The van der Waals surface area contributed by atoms with Crippen molar-refractivity contribution in [2.24, 2.45) is 0 Å². The van der Waals surface area contributed by atoms with E-state index in [1.165, 1.54) is 0 Å². The molecule has 0 fully saturated rings. The van der Waals surface area contributed by atoms with Crippen molar-refractivity contribution in [3.63, 3.8) is 0 Å². The zero-order chi connectivity index (χ0) is 13.7. The van der Waals surface area contributed by atoms with Crippen molar-refractivity contribution >= 4 is 39.9 Å². The molecule has 1 N–H and O–H groups in total. The molecular weight excluding hydrogens is 371 g/mol. The van der Waals surface area contributed by atoms with Crippen LogP contribution in [-0.4, -0.2) is 0 Å². The predicted molar refractivity (Wildman–Crippen MR) is 87.2 cm³/mol. The lowest BCUT2D eigenvalue weighted by Crippen LogP contribution is -2.10. The highest BCUT2D eigenvalue weighted by atomic mass is 127. The van der Waals surface area contributed by atoms with E-state index in [1.807, 2.05) is 48.5 Å². The minimum atomic E-state index is -0.0521. The summed E-state index contributed by atoms with van der Waals surface area (Å²) >= 11 is 8.43. The summed E-state index contributed by atoms with van der Waals surface area (Å²) < 4.78 is 1.09. The number of nitrogens with one attached hydrogen (secondary N) is 1. The van der Waals surface area contributed by atoms with E-state index in [0.29, 0.717) is 11.4 Å². The van der Waals surface area contributed by atoms with Crippen molar-refractivity contribution in [2.45, 2.75) is 12.5 Å². The number of nitriles is 1. The van der Waals surface area contributed by atoms with E-state index in [2.05, 4.69) is 34.0 Å². The molecule has 0 aliphatic carbocycles. The fourth-order valence-corrected chi connectivity index (χ4v) is 2.73. The van der Waals surface area contributed by atoms with E-state index in [-0.39, 0.29) is 6.04 Å². The third-order valence-electron chi connectivity index (χ3n) is 2.76. The topological polar surface area (TPSA) is 35.8 Å². The lowest BCUT2D eigenvalue weighted by atomic mass is 10.0. The van der Waals surface area contributed by atoms with Crippen molar-refractivity contribution in [2.75, 3.05) is 5.32 Å². The molecule has 0 saturated heterocycles. The van der Waals surface area contributed by atoms with Crippen LogP contribution < -0.4 is 5.32 Å². The predicted octanol–water partition coefficient (Wildman–Crippen LogP) is 5.01. The average molecular weight is 383 g/mol. The highest BCUT2D eigenvalue weighted by Crippen LogP contribution is 2.29. The van der Waals surface area contributed by atoms with Gasteiger partial charge in [0.05, 0.1) is 29.2 Å². The first-order valence-corrected chi connectivity index (χ1v) is 7.30. The maximum Gasteiger partial charge on any atom is 0.0648 e. The van der Waals surface area contributed by atoms with Crippen LogP contribution in [0.2, 0.25) is 5.02 Å². The van der Waals surface area contributed by atoms with Gasteiger partial charge in [-0.2, -0.15) is 5.26 Å². The lowest BCUT2D eigenvalue weighted by molar-refractivity contribution is 0.806. The fraction of sp³-hybridized carbons (Fsp3) is 0.133. The summed E-state index contributed by atoms with van der Waals surface area (Å²) in [6.07, 6.45) is 0.395. The first kappa shape index (κ1) is 14.2. The first-order valence-electron chi connectivity index (χ1n) is 5.84. The van der Waals surface area contributed by atoms with Crippen molar-refractivity contribution in [1.82, 2.24) is 0 Å². The minimum Gasteiger partial charge on any atom is -0.376 e. The van der Waals surface area contributed by atoms with Gasteiger partial charge in [-0.25, -0.2) is 0 Å². The van der Waals surface area contributed by atoms with Gasteiger partial charge in [0.1, 0.15) is 0 Å². The number of nitrogens with zero attached hydrogens (tertiary/aromatic N) is 1. The molecule has 1 unspecified atom stereocenters. The molecular formula is C15H12ClIN2. The van der Waals surface area contributed by atoms with E-state index in [9.17, 15) is 0 Å². The molecule has 96 valence electrons. The first-order chi connectivity index (χ1) is 9.20. The molecule has 2 aromatic carbocycles. The molecule has 0 aliphatic rings. The Morgan fingerprint density at radius 3 is 2.58 bits per heavy atom. The molecule has 0 aliphatic heterocycles. The number of benzene rings is 2.